The molecule has 1 saturated heterocycles. The fourth-order valence-electron chi connectivity index (χ4n) is 2.22. The monoisotopic (exact) mass is 258 g/mol. The highest BCUT2D eigenvalue weighted by atomic mass is 16.2. The van der Waals surface area contributed by atoms with Gasteiger partial charge in [-0.3, -0.25) is 14.7 Å². The van der Waals surface area contributed by atoms with Crippen molar-refractivity contribution in [3.63, 3.8) is 0 Å². The van der Waals surface area contributed by atoms with E-state index in [1.54, 1.807) is 6.20 Å². The Hall–Kier alpha value is -2.37. The van der Waals surface area contributed by atoms with E-state index in [-0.39, 0.29) is 17.7 Å². The lowest BCUT2D eigenvalue weighted by Crippen LogP contribution is -2.40. The molecular weight excluding hydrogens is 244 g/mol. The van der Waals surface area contributed by atoms with Crippen molar-refractivity contribution in [2.24, 2.45) is 5.92 Å². The normalized spacial score (nSPS) is 19.2. The second kappa shape index (κ2) is 4.72. The number of piperidine rings is 1. The van der Waals surface area contributed by atoms with Crippen LogP contribution in [0.25, 0.3) is 10.9 Å². The molecule has 2 heterocycles. The molecule has 1 atom stereocenters. The molecule has 0 spiro atoms. The van der Waals surface area contributed by atoms with Crippen LogP contribution in [0.5, 0.6) is 0 Å². The van der Waals surface area contributed by atoms with Crippen molar-refractivity contribution >= 4 is 28.4 Å². The van der Waals surface area contributed by atoms with Gasteiger partial charge in [-0.25, -0.2) is 0 Å². The summed E-state index contributed by atoms with van der Waals surface area (Å²) in [6.07, 6.45) is 2.73. The van der Waals surface area contributed by atoms with Crippen molar-refractivity contribution in [2.75, 3.05) is 11.9 Å². The quantitative estimate of drug-likeness (QED) is 0.751. The summed E-state index contributed by atoms with van der Waals surface area (Å²) in [5.41, 5.74) is 1.68. The number of carbonyl (C=O) groups excluding carboxylic acids is 2. The summed E-state index contributed by atoms with van der Waals surface area (Å²) >= 11 is 0. The number of carbonyl (C=O) groups is 2. The molecule has 1 fully saturated rings. The molecule has 6 heteroatoms. The van der Waals surface area contributed by atoms with Crippen LogP contribution in [-0.2, 0) is 9.59 Å². The molecule has 2 aromatic rings. The van der Waals surface area contributed by atoms with E-state index < -0.39 is 0 Å². The lowest BCUT2D eigenvalue weighted by molar-refractivity contribution is -0.126. The highest BCUT2D eigenvalue weighted by molar-refractivity contribution is 5.96. The topological polar surface area (TPSA) is 86.9 Å². The second-order valence-corrected chi connectivity index (χ2v) is 4.70. The van der Waals surface area contributed by atoms with Gasteiger partial charge in [0.2, 0.25) is 11.8 Å². The molecule has 0 radical (unpaired) electrons. The lowest BCUT2D eigenvalue weighted by Gasteiger charge is -2.21. The zero-order valence-electron chi connectivity index (χ0n) is 10.3. The number of nitrogens with one attached hydrogen (secondary N) is 3. The lowest BCUT2D eigenvalue weighted by atomic mass is 9.98. The highest BCUT2D eigenvalue weighted by Gasteiger charge is 2.24. The predicted octanol–water partition coefficient (Wildman–Crippen LogP) is 1.03. The number of nitrogens with zero attached hydrogens (tertiary/aromatic N) is 1. The Morgan fingerprint density at radius 2 is 2.32 bits per heavy atom. The second-order valence-electron chi connectivity index (χ2n) is 4.70. The van der Waals surface area contributed by atoms with E-state index in [1.165, 1.54) is 0 Å². The minimum absolute atomic E-state index is 0.0175. The number of aromatic amines is 1. The maximum absolute atomic E-state index is 12.1. The number of hydrogen-bond donors (Lipinski definition) is 3. The third-order valence-electron chi connectivity index (χ3n) is 3.34. The van der Waals surface area contributed by atoms with Gasteiger partial charge in [-0.2, -0.15) is 5.10 Å². The maximum atomic E-state index is 12.1. The van der Waals surface area contributed by atoms with Gasteiger partial charge in [0.1, 0.15) is 0 Å². The van der Waals surface area contributed by atoms with Crippen molar-refractivity contribution in [3.8, 4) is 0 Å². The summed E-state index contributed by atoms with van der Waals surface area (Å²) in [5.74, 6) is -0.190. The Balaban J connectivity index is 1.70. The van der Waals surface area contributed by atoms with Crippen molar-refractivity contribution in [2.45, 2.75) is 12.8 Å². The standard InChI is InChI=1S/C13H14N4O2/c18-12-4-1-8(6-14-12)13(19)16-10-2-3-11-9(5-10)7-15-17-11/h2-3,5,7-8H,1,4,6H2,(H,14,18)(H,15,17)(H,16,19). The summed E-state index contributed by atoms with van der Waals surface area (Å²) in [7, 11) is 0. The number of hydrogen-bond acceptors (Lipinski definition) is 3. The SMILES string of the molecule is O=C1CCC(C(=O)Nc2ccc3[nH]ncc3c2)CN1. The number of aromatic nitrogens is 2. The van der Waals surface area contributed by atoms with Gasteiger partial charge in [-0.15, -0.1) is 0 Å². The van der Waals surface area contributed by atoms with Crippen molar-refractivity contribution in [1.82, 2.24) is 15.5 Å². The molecule has 1 aliphatic heterocycles. The Morgan fingerprint density at radius 3 is 3.11 bits per heavy atom. The Kier molecular flexibility index (Phi) is 2.91. The third kappa shape index (κ3) is 2.42. The Morgan fingerprint density at radius 1 is 1.42 bits per heavy atom. The van der Waals surface area contributed by atoms with Gasteiger partial charge in [-0.1, -0.05) is 0 Å². The Bertz CT molecular complexity index is 624. The molecule has 2 amide bonds. The van der Waals surface area contributed by atoms with Crippen LogP contribution in [0.4, 0.5) is 5.69 Å². The van der Waals surface area contributed by atoms with Crippen LogP contribution in [0.3, 0.4) is 0 Å². The Labute approximate surface area is 109 Å². The summed E-state index contributed by atoms with van der Waals surface area (Å²) in [4.78, 5) is 23.1. The smallest absolute Gasteiger partial charge is 0.229 e. The third-order valence-corrected chi connectivity index (χ3v) is 3.34. The van der Waals surface area contributed by atoms with E-state index in [1.807, 2.05) is 18.2 Å². The van der Waals surface area contributed by atoms with Gasteiger partial charge in [0.25, 0.3) is 0 Å². The summed E-state index contributed by atoms with van der Waals surface area (Å²) in [5, 5.41) is 13.3. The molecule has 3 N–H and O–H groups in total. The summed E-state index contributed by atoms with van der Waals surface area (Å²) in [6, 6.07) is 5.58. The van der Waals surface area contributed by atoms with E-state index in [9.17, 15) is 9.59 Å². The molecule has 0 saturated carbocycles. The molecule has 3 rings (SSSR count). The number of fused-ring (bicyclic) bond motifs is 1. The van der Waals surface area contributed by atoms with E-state index in [0.717, 1.165) is 16.6 Å². The minimum atomic E-state index is -0.155. The number of rotatable bonds is 2. The first kappa shape index (κ1) is 11.7. The van der Waals surface area contributed by atoms with E-state index in [2.05, 4.69) is 20.8 Å². The average molecular weight is 258 g/mol. The van der Waals surface area contributed by atoms with Crippen molar-refractivity contribution in [1.29, 1.82) is 0 Å². The van der Waals surface area contributed by atoms with Crippen LogP contribution < -0.4 is 10.6 Å². The fourth-order valence-corrected chi connectivity index (χ4v) is 2.22. The summed E-state index contributed by atoms with van der Waals surface area (Å²) < 4.78 is 0. The number of H-pyrrole nitrogens is 1. The van der Waals surface area contributed by atoms with Crippen LogP contribution in [0, 0.1) is 5.92 Å². The molecule has 98 valence electrons. The summed E-state index contributed by atoms with van der Waals surface area (Å²) in [6.45, 7) is 0.415. The average Bonchev–Trinajstić information content (AvgIpc) is 2.87. The van der Waals surface area contributed by atoms with E-state index >= 15 is 0 Å². The number of anilines is 1. The van der Waals surface area contributed by atoms with Crippen LogP contribution >= 0.6 is 0 Å². The van der Waals surface area contributed by atoms with Crippen LogP contribution in [0.2, 0.25) is 0 Å². The first-order chi connectivity index (χ1) is 9.22. The maximum Gasteiger partial charge on any atom is 0.229 e. The van der Waals surface area contributed by atoms with Crippen LogP contribution in [0.1, 0.15) is 12.8 Å². The van der Waals surface area contributed by atoms with Crippen LogP contribution in [-0.4, -0.2) is 28.6 Å². The minimum Gasteiger partial charge on any atom is -0.355 e. The van der Waals surface area contributed by atoms with E-state index in [0.29, 0.717) is 19.4 Å². The molecule has 1 aliphatic rings. The first-order valence-electron chi connectivity index (χ1n) is 6.23. The molecule has 0 aliphatic carbocycles. The van der Waals surface area contributed by atoms with Gasteiger partial charge >= 0.3 is 0 Å². The zero-order chi connectivity index (χ0) is 13.2. The first-order valence-corrected chi connectivity index (χ1v) is 6.23. The van der Waals surface area contributed by atoms with Gasteiger partial charge in [-0.05, 0) is 24.6 Å². The number of benzene rings is 1. The molecule has 1 unspecified atom stereocenters. The van der Waals surface area contributed by atoms with Crippen molar-refractivity contribution < 1.29 is 9.59 Å². The largest absolute Gasteiger partial charge is 0.355 e. The molecule has 0 bridgehead atoms. The van der Waals surface area contributed by atoms with Gasteiger partial charge in [0.05, 0.1) is 17.6 Å². The van der Waals surface area contributed by atoms with Crippen LogP contribution in [0.15, 0.2) is 24.4 Å². The van der Waals surface area contributed by atoms with Crippen molar-refractivity contribution in [3.05, 3.63) is 24.4 Å². The molecule has 19 heavy (non-hydrogen) atoms. The molecular formula is C13H14N4O2. The van der Waals surface area contributed by atoms with E-state index in [4.69, 9.17) is 0 Å². The molecule has 1 aromatic carbocycles. The van der Waals surface area contributed by atoms with Gasteiger partial charge < -0.3 is 10.6 Å². The van der Waals surface area contributed by atoms with Gasteiger partial charge in [0.15, 0.2) is 0 Å². The zero-order valence-corrected chi connectivity index (χ0v) is 10.3. The fraction of sp³-hybridized carbons (Fsp3) is 0.308. The molecule has 6 nitrogen and oxygen atoms in total. The number of amides is 2. The predicted molar refractivity (Wildman–Crippen MR) is 70.5 cm³/mol. The molecule has 1 aromatic heterocycles. The highest BCUT2D eigenvalue weighted by Crippen LogP contribution is 2.19. The van der Waals surface area contributed by atoms with Gasteiger partial charge in [0, 0.05) is 24.0 Å².